The second kappa shape index (κ2) is 12.3. The SMILES string of the molecule is O=C(NCCO)/C(=C/c1ccc(OC(F)(F)F)cc1)NC(=O)c1ccc(OCCCC2CC2)cc1. The Bertz CT molecular complexity index is 1020. The van der Waals surface area contributed by atoms with Crippen LogP contribution in [0.1, 0.15) is 41.6 Å². The van der Waals surface area contributed by atoms with Gasteiger partial charge in [-0.25, -0.2) is 0 Å². The molecule has 0 atom stereocenters. The number of alkyl halides is 3. The summed E-state index contributed by atoms with van der Waals surface area (Å²) in [5.74, 6) is -0.172. The van der Waals surface area contributed by atoms with E-state index < -0.39 is 23.9 Å². The first-order valence-electron chi connectivity index (χ1n) is 11.2. The van der Waals surface area contributed by atoms with Gasteiger partial charge >= 0.3 is 6.36 Å². The topological polar surface area (TPSA) is 96.9 Å². The molecule has 1 aliphatic rings. The van der Waals surface area contributed by atoms with Crippen LogP contribution >= 0.6 is 0 Å². The highest BCUT2D eigenvalue weighted by molar-refractivity contribution is 6.05. The van der Waals surface area contributed by atoms with Crippen LogP contribution in [0.3, 0.4) is 0 Å². The van der Waals surface area contributed by atoms with Crippen molar-refractivity contribution in [1.82, 2.24) is 10.6 Å². The predicted molar refractivity (Wildman–Crippen MR) is 123 cm³/mol. The summed E-state index contributed by atoms with van der Waals surface area (Å²) >= 11 is 0. The Morgan fingerprint density at radius 3 is 2.29 bits per heavy atom. The smallest absolute Gasteiger partial charge is 0.494 e. The van der Waals surface area contributed by atoms with E-state index in [1.165, 1.54) is 31.1 Å². The van der Waals surface area contributed by atoms with E-state index in [0.717, 1.165) is 30.9 Å². The standard InChI is InChI=1S/C25H27F3N2O5/c26-25(27,28)35-21-9-5-18(6-10-21)16-22(24(33)29-13-14-31)30-23(32)19-7-11-20(12-8-19)34-15-1-2-17-3-4-17/h5-12,16-17,31H,1-4,13-15H2,(H,29,33)(H,30,32)/b22-16-. The lowest BCUT2D eigenvalue weighted by Crippen LogP contribution is -2.36. The van der Waals surface area contributed by atoms with Gasteiger partial charge in [-0.15, -0.1) is 13.2 Å². The van der Waals surface area contributed by atoms with Gasteiger partial charge in [0.25, 0.3) is 11.8 Å². The number of aliphatic hydroxyl groups excluding tert-OH is 1. The zero-order valence-corrected chi connectivity index (χ0v) is 18.9. The fourth-order valence-corrected chi connectivity index (χ4v) is 3.22. The highest BCUT2D eigenvalue weighted by Gasteiger charge is 2.31. The first-order valence-corrected chi connectivity index (χ1v) is 11.2. The molecule has 35 heavy (non-hydrogen) atoms. The Morgan fingerprint density at radius 1 is 1.03 bits per heavy atom. The van der Waals surface area contributed by atoms with Crippen LogP contribution in [0.25, 0.3) is 6.08 Å². The Hall–Kier alpha value is -3.53. The third kappa shape index (κ3) is 9.32. The molecule has 0 bridgehead atoms. The molecule has 0 aliphatic heterocycles. The summed E-state index contributed by atoms with van der Waals surface area (Å²) in [5.41, 5.74) is 0.488. The van der Waals surface area contributed by atoms with Gasteiger partial charge in [0.05, 0.1) is 13.2 Å². The summed E-state index contributed by atoms with van der Waals surface area (Å²) in [5, 5.41) is 13.9. The van der Waals surface area contributed by atoms with Crippen LogP contribution in [0.5, 0.6) is 11.5 Å². The fraction of sp³-hybridized carbons (Fsp3) is 0.360. The van der Waals surface area contributed by atoms with Gasteiger partial charge in [-0.1, -0.05) is 25.0 Å². The Labute approximate surface area is 200 Å². The Morgan fingerprint density at radius 2 is 1.69 bits per heavy atom. The van der Waals surface area contributed by atoms with Crippen molar-refractivity contribution in [2.24, 2.45) is 5.92 Å². The van der Waals surface area contributed by atoms with Crippen LogP contribution in [0, 0.1) is 5.92 Å². The number of benzene rings is 2. The molecular weight excluding hydrogens is 465 g/mol. The molecule has 2 amide bonds. The molecule has 0 heterocycles. The van der Waals surface area contributed by atoms with Gasteiger partial charge in [0, 0.05) is 12.1 Å². The fourth-order valence-electron chi connectivity index (χ4n) is 3.22. The maximum Gasteiger partial charge on any atom is 0.573 e. The molecule has 0 radical (unpaired) electrons. The van der Waals surface area contributed by atoms with Crippen molar-refractivity contribution in [3.63, 3.8) is 0 Å². The van der Waals surface area contributed by atoms with Crippen LogP contribution in [0.15, 0.2) is 54.2 Å². The van der Waals surface area contributed by atoms with Gasteiger partial charge in [-0.05, 0) is 66.8 Å². The van der Waals surface area contributed by atoms with Crippen molar-refractivity contribution in [2.75, 3.05) is 19.8 Å². The van der Waals surface area contributed by atoms with Crippen molar-refractivity contribution in [2.45, 2.75) is 32.0 Å². The van der Waals surface area contributed by atoms with E-state index in [1.54, 1.807) is 24.3 Å². The van der Waals surface area contributed by atoms with E-state index in [0.29, 0.717) is 17.9 Å². The quantitative estimate of drug-likeness (QED) is 0.307. The van der Waals surface area contributed by atoms with Crippen LogP contribution in [0.4, 0.5) is 13.2 Å². The molecule has 0 aromatic heterocycles. The van der Waals surface area contributed by atoms with E-state index >= 15 is 0 Å². The molecule has 0 spiro atoms. The largest absolute Gasteiger partial charge is 0.573 e. The molecule has 2 aromatic carbocycles. The van der Waals surface area contributed by atoms with E-state index in [9.17, 15) is 22.8 Å². The van der Waals surface area contributed by atoms with Crippen LogP contribution < -0.4 is 20.1 Å². The van der Waals surface area contributed by atoms with Gasteiger partial charge in [0.2, 0.25) is 0 Å². The molecule has 7 nitrogen and oxygen atoms in total. The molecule has 1 aliphatic carbocycles. The number of nitrogens with one attached hydrogen (secondary N) is 2. The van der Waals surface area contributed by atoms with Gasteiger partial charge in [0.1, 0.15) is 17.2 Å². The highest BCUT2D eigenvalue weighted by Crippen LogP contribution is 2.33. The van der Waals surface area contributed by atoms with Crippen molar-refractivity contribution >= 4 is 17.9 Å². The molecule has 0 unspecified atom stereocenters. The summed E-state index contributed by atoms with van der Waals surface area (Å²) in [4.78, 5) is 25.2. The second-order valence-corrected chi connectivity index (χ2v) is 8.07. The number of carbonyl (C=O) groups is 2. The lowest BCUT2D eigenvalue weighted by atomic mass is 10.1. The summed E-state index contributed by atoms with van der Waals surface area (Å²) in [6.07, 6.45) is 1.22. The van der Waals surface area contributed by atoms with Crippen molar-refractivity contribution in [3.05, 3.63) is 65.4 Å². The molecule has 3 N–H and O–H groups in total. The zero-order chi connectivity index (χ0) is 25.3. The monoisotopic (exact) mass is 492 g/mol. The summed E-state index contributed by atoms with van der Waals surface area (Å²) in [6.45, 7) is 0.252. The van der Waals surface area contributed by atoms with Crippen molar-refractivity contribution in [1.29, 1.82) is 0 Å². The lowest BCUT2D eigenvalue weighted by Gasteiger charge is -2.12. The van der Waals surface area contributed by atoms with E-state index in [1.807, 2.05) is 0 Å². The Balaban J connectivity index is 1.65. The van der Waals surface area contributed by atoms with E-state index in [-0.39, 0.29) is 24.4 Å². The number of ether oxygens (including phenoxy) is 2. The first kappa shape index (κ1) is 26.1. The number of rotatable bonds is 12. The minimum atomic E-state index is -4.82. The summed E-state index contributed by atoms with van der Waals surface area (Å²) in [7, 11) is 0. The lowest BCUT2D eigenvalue weighted by molar-refractivity contribution is -0.274. The normalized spacial score (nSPS) is 13.8. The number of hydrogen-bond acceptors (Lipinski definition) is 5. The average Bonchev–Trinajstić information content (AvgIpc) is 3.65. The van der Waals surface area contributed by atoms with Gasteiger partial charge in [-0.2, -0.15) is 0 Å². The number of halogens is 3. The molecule has 1 fully saturated rings. The average molecular weight is 492 g/mol. The molecule has 0 saturated heterocycles. The van der Waals surface area contributed by atoms with E-state index in [4.69, 9.17) is 9.84 Å². The predicted octanol–water partition coefficient (Wildman–Crippen LogP) is 4.03. The minimum Gasteiger partial charge on any atom is -0.494 e. The number of hydrogen-bond donors (Lipinski definition) is 3. The molecule has 1 saturated carbocycles. The summed E-state index contributed by atoms with van der Waals surface area (Å²) < 4.78 is 46.6. The molecule has 3 rings (SSSR count). The third-order valence-electron chi connectivity index (χ3n) is 5.15. The van der Waals surface area contributed by atoms with Crippen LogP contribution in [-0.4, -0.2) is 43.0 Å². The first-order chi connectivity index (χ1) is 16.7. The van der Waals surface area contributed by atoms with Gasteiger partial charge < -0.3 is 25.2 Å². The maximum atomic E-state index is 12.7. The van der Waals surface area contributed by atoms with Gasteiger partial charge in [0.15, 0.2) is 0 Å². The number of carbonyl (C=O) groups excluding carboxylic acids is 2. The zero-order valence-electron chi connectivity index (χ0n) is 18.9. The van der Waals surface area contributed by atoms with Gasteiger partial charge in [-0.3, -0.25) is 9.59 Å². The van der Waals surface area contributed by atoms with Crippen LogP contribution in [0.2, 0.25) is 0 Å². The Kier molecular flexibility index (Phi) is 9.13. The van der Waals surface area contributed by atoms with E-state index in [2.05, 4.69) is 15.4 Å². The van der Waals surface area contributed by atoms with Crippen LogP contribution in [-0.2, 0) is 4.79 Å². The molecular formula is C25H27F3N2O5. The van der Waals surface area contributed by atoms with Crippen molar-refractivity contribution in [3.8, 4) is 11.5 Å². The molecule has 188 valence electrons. The second-order valence-electron chi connectivity index (χ2n) is 8.07. The maximum absolute atomic E-state index is 12.7. The van der Waals surface area contributed by atoms with Crippen molar-refractivity contribution < 1.29 is 37.3 Å². The third-order valence-corrected chi connectivity index (χ3v) is 5.15. The summed E-state index contributed by atoms with van der Waals surface area (Å²) in [6, 6.07) is 11.3. The molecule has 2 aromatic rings. The number of aliphatic hydroxyl groups is 1. The molecule has 10 heteroatoms. The minimum absolute atomic E-state index is 0.0445. The number of amides is 2. The highest BCUT2D eigenvalue weighted by atomic mass is 19.4.